The summed E-state index contributed by atoms with van der Waals surface area (Å²) in [5.41, 5.74) is 1.38. The standard InChI is InChI=1S/C13H14N4O3.C4H6/c1-7(18)6-9-11(19)16-12(14-9)17-13-15-8-4-2-3-5-10(8)20-13;1-3-4-2/h2-5,7,9,18H,6H2,1H3,(H2,14,15,16,17,19);3-4H,1-2H2. The Balaban J connectivity index is 0.000000471. The largest absolute Gasteiger partial charge is 0.423 e. The number of rotatable bonds is 4. The molecule has 0 aliphatic carbocycles. The maximum atomic E-state index is 11.7. The van der Waals surface area contributed by atoms with Crippen LogP contribution in [0.1, 0.15) is 13.3 Å². The molecule has 1 aromatic carbocycles. The third-order valence-corrected chi connectivity index (χ3v) is 3.08. The molecule has 7 heteroatoms. The first-order valence-electron chi connectivity index (χ1n) is 7.46. The molecule has 24 heavy (non-hydrogen) atoms. The number of hydrogen-bond acceptors (Lipinski definition) is 6. The zero-order valence-electron chi connectivity index (χ0n) is 13.4. The van der Waals surface area contributed by atoms with Crippen LogP contribution in [0.4, 0.5) is 6.01 Å². The number of aliphatic imine (C=N–C) groups is 1. The van der Waals surface area contributed by atoms with Crippen LogP contribution >= 0.6 is 0 Å². The fourth-order valence-electron chi connectivity index (χ4n) is 2.02. The van der Waals surface area contributed by atoms with Crippen LogP contribution in [0.2, 0.25) is 0 Å². The highest BCUT2D eigenvalue weighted by Crippen LogP contribution is 2.18. The number of hydrogen-bond donors (Lipinski definition) is 3. The first-order valence-corrected chi connectivity index (χ1v) is 7.46. The molecule has 126 valence electrons. The average Bonchev–Trinajstić information content (AvgIpc) is 3.10. The Labute approximate surface area is 139 Å². The number of guanidine groups is 1. The van der Waals surface area contributed by atoms with Gasteiger partial charge in [0.15, 0.2) is 5.58 Å². The van der Waals surface area contributed by atoms with Crippen LogP contribution in [-0.2, 0) is 4.79 Å². The molecule has 1 aliphatic rings. The van der Waals surface area contributed by atoms with E-state index in [-0.39, 0.29) is 24.3 Å². The Morgan fingerprint density at radius 1 is 1.42 bits per heavy atom. The summed E-state index contributed by atoms with van der Waals surface area (Å²) in [5, 5.41) is 14.7. The fourth-order valence-corrected chi connectivity index (χ4v) is 2.02. The van der Waals surface area contributed by atoms with Gasteiger partial charge in [-0.15, -0.1) is 0 Å². The van der Waals surface area contributed by atoms with E-state index in [4.69, 9.17) is 4.42 Å². The molecule has 0 saturated carbocycles. The number of nitrogens with one attached hydrogen (secondary N) is 2. The van der Waals surface area contributed by atoms with Crippen LogP contribution in [0.5, 0.6) is 0 Å². The van der Waals surface area contributed by atoms with E-state index < -0.39 is 12.1 Å². The number of aliphatic hydroxyl groups is 1. The summed E-state index contributed by atoms with van der Waals surface area (Å²) in [7, 11) is 0. The summed E-state index contributed by atoms with van der Waals surface area (Å²) in [6, 6.07) is 7.03. The van der Waals surface area contributed by atoms with Crippen molar-refractivity contribution in [3.05, 3.63) is 49.6 Å². The number of aliphatic hydroxyl groups excluding tert-OH is 1. The Morgan fingerprint density at radius 2 is 2.12 bits per heavy atom. The van der Waals surface area contributed by atoms with E-state index in [9.17, 15) is 9.90 Å². The SMILES string of the molecule is C=CC=C.CC(O)CC1N=C(Nc2nc3ccccc3o2)NC1=O. The highest BCUT2D eigenvalue weighted by molar-refractivity contribution is 6.09. The summed E-state index contributed by atoms with van der Waals surface area (Å²) < 4.78 is 5.48. The molecule has 2 aromatic rings. The highest BCUT2D eigenvalue weighted by Gasteiger charge is 2.28. The van der Waals surface area contributed by atoms with E-state index in [1.54, 1.807) is 25.1 Å². The van der Waals surface area contributed by atoms with Gasteiger partial charge in [-0.2, -0.15) is 4.98 Å². The minimum absolute atomic E-state index is 0.246. The number of oxazole rings is 1. The molecule has 2 unspecified atom stereocenters. The van der Waals surface area contributed by atoms with Gasteiger partial charge in [-0.05, 0) is 19.1 Å². The van der Waals surface area contributed by atoms with Crippen LogP contribution in [0.3, 0.4) is 0 Å². The van der Waals surface area contributed by atoms with E-state index in [1.807, 2.05) is 18.2 Å². The van der Waals surface area contributed by atoms with Crippen molar-refractivity contribution >= 4 is 29.0 Å². The fraction of sp³-hybridized carbons (Fsp3) is 0.235. The van der Waals surface area contributed by atoms with Crippen molar-refractivity contribution in [1.29, 1.82) is 0 Å². The van der Waals surface area contributed by atoms with E-state index >= 15 is 0 Å². The number of benzene rings is 1. The van der Waals surface area contributed by atoms with Gasteiger partial charge >= 0.3 is 6.01 Å². The normalized spacial score (nSPS) is 17.3. The predicted octanol–water partition coefficient (Wildman–Crippen LogP) is 2.22. The number of carbonyl (C=O) groups is 1. The molecule has 1 aromatic heterocycles. The van der Waals surface area contributed by atoms with Crippen LogP contribution in [0, 0.1) is 0 Å². The van der Waals surface area contributed by atoms with Crippen molar-refractivity contribution in [2.24, 2.45) is 4.99 Å². The number of carbonyl (C=O) groups excluding carboxylic acids is 1. The van der Waals surface area contributed by atoms with E-state index in [2.05, 4.69) is 33.8 Å². The first kappa shape index (κ1) is 17.4. The van der Waals surface area contributed by atoms with Gasteiger partial charge in [0.25, 0.3) is 5.91 Å². The van der Waals surface area contributed by atoms with Gasteiger partial charge in [0, 0.05) is 6.42 Å². The maximum Gasteiger partial charge on any atom is 0.302 e. The molecular weight excluding hydrogens is 308 g/mol. The third-order valence-electron chi connectivity index (χ3n) is 3.08. The minimum atomic E-state index is -0.585. The van der Waals surface area contributed by atoms with Gasteiger partial charge in [0.2, 0.25) is 5.96 Å². The van der Waals surface area contributed by atoms with Crippen molar-refractivity contribution in [2.75, 3.05) is 5.32 Å². The molecule has 1 amide bonds. The maximum absolute atomic E-state index is 11.7. The number of allylic oxidation sites excluding steroid dienone is 2. The number of fused-ring (bicyclic) bond motifs is 1. The van der Waals surface area contributed by atoms with Crippen molar-refractivity contribution in [2.45, 2.75) is 25.5 Å². The van der Waals surface area contributed by atoms with Gasteiger partial charge in [0.1, 0.15) is 11.6 Å². The van der Waals surface area contributed by atoms with Gasteiger partial charge in [-0.1, -0.05) is 37.4 Å². The lowest BCUT2D eigenvalue weighted by atomic mass is 10.1. The second kappa shape index (κ2) is 8.07. The van der Waals surface area contributed by atoms with E-state index in [0.29, 0.717) is 5.58 Å². The van der Waals surface area contributed by atoms with Crippen molar-refractivity contribution in [3.8, 4) is 0 Å². The summed E-state index contributed by atoms with van der Waals surface area (Å²) >= 11 is 0. The molecule has 0 fully saturated rings. The zero-order chi connectivity index (χ0) is 17.5. The van der Waals surface area contributed by atoms with Crippen LogP contribution in [0.25, 0.3) is 11.1 Å². The van der Waals surface area contributed by atoms with Crippen LogP contribution in [-0.4, -0.2) is 34.1 Å². The Bertz CT molecular complexity index is 725. The van der Waals surface area contributed by atoms with Crippen molar-refractivity contribution in [3.63, 3.8) is 0 Å². The molecule has 0 spiro atoms. The first-order chi connectivity index (χ1) is 11.5. The predicted molar refractivity (Wildman–Crippen MR) is 93.7 cm³/mol. The van der Waals surface area contributed by atoms with Gasteiger partial charge in [-0.3, -0.25) is 15.4 Å². The highest BCUT2D eigenvalue weighted by atomic mass is 16.4. The topological polar surface area (TPSA) is 99.8 Å². The molecule has 2 atom stereocenters. The second-order valence-corrected chi connectivity index (χ2v) is 5.15. The lowest BCUT2D eigenvalue weighted by Gasteiger charge is -2.05. The van der Waals surface area contributed by atoms with Crippen LogP contribution in [0.15, 0.2) is 59.0 Å². The number of para-hydroxylation sites is 2. The number of nitrogens with zero attached hydrogens (tertiary/aromatic N) is 2. The molecule has 7 nitrogen and oxygen atoms in total. The van der Waals surface area contributed by atoms with Gasteiger partial charge in [-0.25, -0.2) is 4.99 Å². The Morgan fingerprint density at radius 3 is 2.75 bits per heavy atom. The quantitative estimate of drug-likeness (QED) is 0.747. The molecule has 1 aliphatic heterocycles. The lowest BCUT2D eigenvalue weighted by molar-refractivity contribution is -0.120. The molecule has 0 radical (unpaired) electrons. The zero-order valence-corrected chi connectivity index (χ0v) is 13.4. The summed E-state index contributed by atoms with van der Waals surface area (Å²) in [6.07, 6.45) is 2.98. The third kappa shape index (κ3) is 4.53. The Hall–Kier alpha value is -2.93. The van der Waals surface area contributed by atoms with E-state index in [1.165, 1.54) is 0 Å². The lowest BCUT2D eigenvalue weighted by Crippen LogP contribution is -2.33. The summed E-state index contributed by atoms with van der Waals surface area (Å²) in [5.74, 6) is 0.0386. The van der Waals surface area contributed by atoms with Crippen LogP contribution < -0.4 is 10.6 Å². The van der Waals surface area contributed by atoms with E-state index in [0.717, 1.165) is 5.52 Å². The average molecular weight is 328 g/mol. The minimum Gasteiger partial charge on any atom is -0.423 e. The number of amides is 1. The molecule has 3 rings (SSSR count). The molecule has 3 N–H and O–H groups in total. The summed E-state index contributed by atoms with van der Waals surface area (Å²) in [6.45, 7) is 8.34. The van der Waals surface area contributed by atoms with Crippen molar-refractivity contribution < 1.29 is 14.3 Å². The van der Waals surface area contributed by atoms with Gasteiger partial charge < -0.3 is 9.52 Å². The molecule has 2 heterocycles. The number of aromatic nitrogens is 1. The number of anilines is 1. The molecule has 0 saturated heterocycles. The second-order valence-electron chi connectivity index (χ2n) is 5.15. The molecule has 0 bridgehead atoms. The Kier molecular flexibility index (Phi) is 5.86. The van der Waals surface area contributed by atoms with Gasteiger partial charge in [0.05, 0.1) is 6.10 Å². The molecular formula is C17H20N4O3. The smallest absolute Gasteiger partial charge is 0.302 e. The monoisotopic (exact) mass is 328 g/mol. The summed E-state index contributed by atoms with van der Waals surface area (Å²) in [4.78, 5) is 20.0. The van der Waals surface area contributed by atoms with Crippen molar-refractivity contribution in [1.82, 2.24) is 10.3 Å².